The third kappa shape index (κ3) is 4.06. The molecule has 1 saturated heterocycles. The number of amides is 1. The topological polar surface area (TPSA) is 88.6 Å². The van der Waals surface area contributed by atoms with Gasteiger partial charge in [-0.3, -0.25) is 14.5 Å². The highest BCUT2D eigenvalue weighted by Gasteiger charge is 2.23. The van der Waals surface area contributed by atoms with Crippen molar-refractivity contribution in [3.63, 3.8) is 0 Å². The zero-order chi connectivity index (χ0) is 21.4. The van der Waals surface area contributed by atoms with Crippen LogP contribution < -0.4 is 10.7 Å². The Morgan fingerprint density at radius 3 is 2.81 bits per heavy atom. The van der Waals surface area contributed by atoms with Crippen LogP contribution in [0.15, 0.2) is 62.5 Å². The maximum atomic E-state index is 13.5. The number of carbonyl (C=O) groups is 1. The fourth-order valence-electron chi connectivity index (χ4n) is 3.99. The van der Waals surface area contributed by atoms with Gasteiger partial charge in [-0.25, -0.2) is 9.37 Å². The molecule has 0 saturated carbocycles. The van der Waals surface area contributed by atoms with Crippen molar-refractivity contribution in [3.05, 3.63) is 76.2 Å². The summed E-state index contributed by atoms with van der Waals surface area (Å²) < 4.78 is 24.3. The molecule has 7 nitrogen and oxygen atoms in total. The van der Waals surface area contributed by atoms with E-state index in [0.717, 1.165) is 61.3 Å². The van der Waals surface area contributed by atoms with Crippen LogP contribution in [-0.2, 0) is 6.54 Å². The smallest absolute Gasteiger partial charge is 0.287 e. The van der Waals surface area contributed by atoms with E-state index in [1.807, 2.05) is 18.2 Å². The van der Waals surface area contributed by atoms with E-state index in [4.69, 9.17) is 8.83 Å². The van der Waals surface area contributed by atoms with Gasteiger partial charge in [-0.05, 0) is 42.7 Å². The second-order valence-corrected chi connectivity index (χ2v) is 7.79. The number of nitrogens with one attached hydrogen (secondary N) is 1. The Hall–Kier alpha value is -3.52. The molecular formula is C23H20FN3O4. The van der Waals surface area contributed by atoms with Gasteiger partial charge in [-0.1, -0.05) is 6.07 Å². The molecule has 0 bridgehead atoms. The van der Waals surface area contributed by atoms with Gasteiger partial charge in [0.1, 0.15) is 16.9 Å². The Kier molecular flexibility index (Phi) is 4.99. The van der Waals surface area contributed by atoms with Gasteiger partial charge in [-0.2, -0.15) is 0 Å². The molecule has 0 radical (unpaired) electrons. The standard InChI is InChI=1S/C23H20FN3O4/c24-15-2-3-17-19(28)11-22(31-20(17)10-15)23(29)26-16-5-7-27(8-6-16)12-14-1-4-18-21(9-14)30-13-25-18/h1-4,9-11,13,16H,5-8,12H2,(H,26,29). The maximum Gasteiger partial charge on any atom is 0.287 e. The van der Waals surface area contributed by atoms with Gasteiger partial charge < -0.3 is 14.2 Å². The van der Waals surface area contributed by atoms with E-state index in [1.165, 1.54) is 18.5 Å². The van der Waals surface area contributed by atoms with Gasteiger partial charge in [-0.15, -0.1) is 0 Å². The molecule has 3 heterocycles. The number of carbonyl (C=O) groups excluding carboxylic acids is 1. The van der Waals surface area contributed by atoms with Crippen LogP contribution in [0.2, 0.25) is 0 Å². The molecule has 1 aliphatic rings. The summed E-state index contributed by atoms with van der Waals surface area (Å²) in [5.74, 6) is -1.09. The monoisotopic (exact) mass is 421 g/mol. The SMILES string of the molecule is O=C(NC1CCN(Cc2ccc3ncoc3c2)CC1)c1cc(=O)c2ccc(F)cc2o1. The minimum Gasteiger partial charge on any atom is -0.451 e. The zero-order valence-corrected chi connectivity index (χ0v) is 16.6. The van der Waals surface area contributed by atoms with Gasteiger partial charge in [0, 0.05) is 37.8 Å². The van der Waals surface area contributed by atoms with Gasteiger partial charge in [0.15, 0.2) is 23.2 Å². The van der Waals surface area contributed by atoms with Crippen LogP contribution in [-0.4, -0.2) is 34.9 Å². The molecule has 31 heavy (non-hydrogen) atoms. The van der Waals surface area contributed by atoms with Crippen LogP contribution in [0.1, 0.15) is 29.0 Å². The lowest BCUT2D eigenvalue weighted by atomic mass is 10.0. The van der Waals surface area contributed by atoms with E-state index in [2.05, 4.69) is 15.2 Å². The van der Waals surface area contributed by atoms with Crippen molar-refractivity contribution < 1.29 is 18.0 Å². The first kappa shape index (κ1) is 19.4. The fourth-order valence-corrected chi connectivity index (χ4v) is 3.99. The van der Waals surface area contributed by atoms with Gasteiger partial charge >= 0.3 is 0 Å². The van der Waals surface area contributed by atoms with E-state index in [1.54, 1.807) is 0 Å². The summed E-state index contributed by atoms with van der Waals surface area (Å²) in [6.07, 6.45) is 3.00. The molecule has 4 aromatic rings. The average molecular weight is 421 g/mol. The van der Waals surface area contributed by atoms with Gasteiger partial charge in [0.05, 0.1) is 5.39 Å². The van der Waals surface area contributed by atoms with Crippen LogP contribution in [0, 0.1) is 5.82 Å². The van der Waals surface area contributed by atoms with Crippen LogP contribution >= 0.6 is 0 Å². The Morgan fingerprint density at radius 2 is 1.97 bits per heavy atom. The van der Waals surface area contributed by atoms with Gasteiger partial charge in [0.2, 0.25) is 0 Å². The number of halogens is 1. The van der Waals surface area contributed by atoms with Gasteiger partial charge in [0.25, 0.3) is 5.91 Å². The molecule has 158 valence electrons. The zero-order valence-electron chi connectivity index (χ0n) is 16.6. The molecular weight excluding hydrogens is 401 g/mol. The quantitative estimate of drug-likeness (QED) is 0.543. The number of benzene rings is 2. The number of likely N-dealkylation sites (tertiary alicyclic amines) is 1. The van der Waals surface area contributed by atoms with E-state index < -0.39 is 11.7 Å². The highest BCUT2D eigenvalue weighted by molar-refractivity contribution is 5.93. The number of oxazole rings is 1. The van der Waals surface area contributed by atoms with Crippen molar-refractivity contribution in [1.82, 2.24) is 15.2 Å². The minimum atomic E-state index is -0.525. The summed E-state index contributed by atoms with van der Waals surface area (Å²) in [5.41, 5.74) is 2.46. The third-order valence-electron chi connectivity index (χ3n) is 5.64. The van der Waals surface area contributed by atoms with Crippen molar-refractivity contribution in [1.29, 1.82) is 0 Å². The normalized spacial score (nSPS) is 15.5. The molecule has 0 spiro atoms. The predicted octanol–water partition coefficient (Wildman–Crippen LogP) is 3.47. The summed E-state index contributed by atoms with van der Waals surface area (Å²) in [6, 6.07) is 10.8. The molecule has 0 unspecified atom stereocenters. The summed E-state index contributed by atoms with van der Waals surface area (Å²) >= 11 is 0. The molecule has 0 atom stereocenters. The van der Waals surface area contributed by atoms with Crippen molar-refractivity contribution in [3.8, 4) is 0 Å². The van der Waals surface area contributed by atoms with Crippen LogP contribution in [0.3, 0.4) is 0 Å². The average Bonchev–Trinajstić information content (AvgIpc) is 3.22. The number of hydrogen-bond acceptors (Lipinski definition) is 6. The largest absolute Gasteiger partial charge is 0.451 e. The third-order valence-corrected chi connectivity index (χ3v) is 5.64. The van der Waals surface area contributed by atoms with E-state index >= 15 is 0 Å². The summed E-state index contributed by atoms with van der Waals surface area (Å²) in [6.45, 7) is 2.45. The highest BCUT2D eigenvalue weighted by atomic mass is 19.1. The van der Waals surface area contributed by atoms with Crippen LogP contribution in [0.4, 0.5) is 4.39 Å². The number of fused-ring (bicyclic) bond motifs is 2. The Balaban J connectivity index is 1.20. The first-order valence-electron chi connectivity index (χ1n) is 10.1. The summed E-state index contributed by atoms with van der Waals surface area (Å²) in [5, 5.41) is 3.18. The first-order chi connectivity index (χ1) is 15.0. The van der Waals surface area contributed by atoms with Crippen molar-refractivity contribution in [2.45, 2.75) is 25.4 Å². The van der Waals surface area contributed by atoms with E-state index in [9.17, 15) is 14.0 Å². The molecule has 2 aromatic carbocycles. The fraction of sp³-hybridized carbons (Fsp3) is 0.261. The number of aromatic nitrogens is 1. The predicted molar refractivity (Wildman–Crippen MR) is 112 cm³/mol. The lowest BCUT2D eigenvalue weighted by Crippen LogP contribution is -2.44. The molecule has 1 aliphatic heterocycles. The Bertz CT molecular complexity index is 1320. The maximum absolute atomic E-state index is 13.5. The lowest BCUT2D eigenvalue weighted by Gasteiger charge is -2.32. The second-order valence-electron chi connectivity index (χ2n) is 7.79. The highest BCUT2D eigenvalue weighted by Crippen LogP contribution is 2.19. The minimum absolute atomic E-state index is 0.0194. The molecule has 1 fully saturated rings. The molecule has 0 aliphatic carbocycles. The molecule has 1 amide bonds. The second kappa shape index (κ2) is 7.96. The van der Waals surface area contributed by atoms with E-state index in [0.29, 0.717) is 0 Å². The van der Waals surface area contributed by atoms with Crippen LogP contribution in [0.5, 0.6) is 0 Å². The Labute approximate surface area is 176 Å². The van der Waals surface area contributed by atoms with Crippen LogP contribution in [0.25, 0.3) is 22.1 Å². The summed E-state index contributed by atoms with van der Waals surface area (Å²) in [4.78, 5) is 31.3. The summed E-state index contributed by atoms with van der Waals surface area (Å²) in [7, 11) is 0. The van der Waals surface area contributed by atoms with Crippen molar-refractivity contribution in [2.24, 2.45) is 0 Å². The lowest BCUT2D eigenvalue weighted by molar-refractivity contribution is 0.0881. The molecule has 1 N–H and O–H groups in total. The number of hydrogen-bond donors (Lipinski definition) is 1. The van der Waals surface area contributed by atoms with E-state index in [-0.39, 0.29) is 28.2 Å². The van der Waals surface area contributed by atoms with Crippen molar-refractivity contribution in [2.75, 3.05) is 13.1 Å². The molecule has 8 heteroatoms. The first-order valence-corrected chi connectivity index (χ1v) is 10.1. The molecule has 5 rings (SSSR count). The number of piperidine rings is 1. The number of rotatable bonds is 4. The Morgan fingerprint density at radius 1 is 1.13 bits per heavy atom. The molecule has 2 aromatic heterocycles. The number of nitrogens with zero attached hydrogens (tertiary/aromatic N) is 2. The van der Waals surface area contributed by atoms with Crippen molar-refractivity contribution >= 4 is 28.0 Å².